The SMILES string of the molecule is N/C(=N\OC(=O)CCCCCN1C(=O)CCC1=O)c1ccccc1. The van der Waals surface area contributed by atoms with E-state index in [0.29, 0.717) is 37.8 Å². The van der Waals surface area contributed by atoms with Gasteiger partial charge in [-0.25, -0.2) is 4.79 Å². The van der Waals surface area contributed by atoms with Crippen LogP contribution in [0.3, 0.4) is 0 Å². The van der Waals surface area contributed by atoms with Gasteiger partial charge >= 0.3 is 5.97 Å². The van der Waals surface area contributed by atoms with E-state index in [4.69, 9.17) is 10.6 Å². The molecule has 1 aromatic rings. The van der Waals surface area contributed by atoms with Crippen LogP contribution in [0.25, 0.3) is 0 Å². The molecular formula is C17H21N3O4. The fourth-order valence-electron chi connectivity index (χ4n) is 2.40. The van der Waals surface area contributed by atoms with Crippen LogP contribution >= 0.6 is 0 Å². The molecule has 0 aromatic heterocycles. The van der Waals surface area contributed by atoms with Crippen LogP contribution in [0.1, 0.15) is 44.1 Å². The zero-order valence-corrected chi connectivity index (χ0v) is 13.4. The first-order valence-corrected chi connectivity index (χ1v) is 8.00. The molecule has 0 spiro atoms. The number of hydrogen-bond acceptors (Lipinski definition) is 5. The molecule has 1 aliphatic heterocycles. The average molecular weight is 331 g/mol. The monoisotopic (exact) mass is 331 g/mol. The van der Waals surface area contributed by atoms with E-state index in [1.165, 1.54) is 4.90 Å². The quantitative estimate of drug-likeness (QED) is 0.194. The van der Waals surface area contributed by atoms with Crippen molar-refractivity contribution < 1.29 is 19.2 Å². The number of amidine groups is 1. The number of carbonyl (C=O) groups is 3. The Morgan fingerprint density at radius 2 is 1.75 bits per heavy atom. The Balaban J connectivity index is 1.61. The minimum absolute atomic E-state index is 0.106. The van der Waals surface area contributed by atoms with Crippen molar-refractivity contribution in [2.24, 2.45) is 10.9 Å². The molecule has 1 aromatic carbocycles. The van der Waals surface area contributed by atoms with E-state index in [9.17, 15) is 14.4 Å². The summed E-state index contributed by atoms with van der Waals surface area (Å²) in [6.07, 6.45) is 2.85. The third kappa shape index (κ3) is 5.19. The summed E-state index contributed by atoms with van der Waals surface area (Å²) in [6, 6.07) is 9.03. The van der Waals surface area contributed by atoms with E-state index in [2.05, 4.69) is 5.16 Å². The third-order valence-corrected chi connectivity index (χ3v) is 3.73. The zero-order chi connectivity index (χ0) is 17.4. The van der Waals surface area contributed by atoms with Gasteiger partial charge in [-0.2, -0.15) is 0 Å². The minimum Gasteiger partial charge on any atom is -0.380 e. The van der Waals surface area contributed by atoms with Gasteiger partial charge in [0.2, 0.25) is 11.8 Å². The van der Waals surface area contributed by atoms with Crippen molar-refractivity contribution >= 4 is 23.6 Å². The lowest BCUT2D eigenvalue weighted by Crippen LogP contribution is -2.29. The highest BCUT2D eigenvalue weighted by Crippen LogP contribution is 2.13. The van der Waals surface area contributed by atoms with Crippen molar-refractivity contribution in [3.05, 3.63) is 35.9 Å². The molecule has 0 atom stereocenters. The first-order chi connectivity index (χ1) is 11.6. The summed E-state index contributed by atoms with van der Waals surface area (Å²) in [6.45, 7) is 0.422. The number of nitrogens with zero attached hydrogens (tertiary/aromatic N) is 2. The first kappa shape index (κ1) is 17.7. The second-order valence-electron chi connectivity index (χ2n) is 5.56. The van der Waals surface area contributed by atoms with Crippen LogP contribution in [0.15, 0.2) is 35.5 Å². The summed E-state index contributed by atoms with van der Waals surface area (Å²) in [7, 11) is 0. The molecular weight excluding hydrogens is 310 g/mol. The maximum Gasteiger partial charge on any atom is 0.335 e. The van der Waals surface area contributed by atoms with Gasteiger partial charge in [0.1, 0.15) is 0 Å². The minimum atomic E-state index is -0.456. The smallest absolute Gasteiger partial charge is 0.335 e. The molecule has 128 valence electrons. The van der Waals surface area contributed by atoms with Gasteiger partial charge in [-0.3, -0.25) is 14.5 Å². The van der Waals surface area contributed by atoms with Gasteiger partial charge in [-0.05, 0) is 12.8 Å². The Morgan fingerprint density at radius 1 is 1.08 bits per heavy atom. The van der Waals surface area contributed by atoms with Crippen molar-refractivity contribution in [1.29, 1.82) is 0 Å². The van der Waals surface area contributed by atoms with E-state index in [0.717, 1.165) is 6.42 Å². The Kier molecular flexibility index (Phi) is 6.48. The highest BCUT2D eigenvalue weighted by atomic mass is 16.7. The molecule has 7 nitrogen and oxygen atoms in total. The third-order valence-electron chi connectivity index (χ3n) is 3.73. The molecule has 0 bridgehead atoms. The molecule has 0 saturated carbocycles. The Hall–Kier alpha value is -2.70. The van der Waals surface area contributed by atoms with Crippen molar-refractivity contribution in [3.63, 3.8) is 0 Å². The summed E-state index contributed by atoms with van der Waals surface area (Å²) in [4.78, 5) is 40.5. The van der Waals surface area contributed by atoms with Gasteiger partial charge in [-0.15, -0.1) is 0 Å². The van der Waals surface area contributed by atoms with Gasteiger partial charge in [0, 0.05) is 31.4 Å². The normalized spacial score (nSPS) is 15.0. The molecule has 2 amide bonds. The molecule has 1 saturated heterocycles. The highest BCUT2D eigenvalue weighted by Gasteiger charge is 2.27. The van der Waals surface area contributed by atoms with Crippen LogP contribution in [0.4, 0.5) is 0 Å². The lowest BCUT2D eigenvalue weighted by atomic mass is 10.2. The number of hydrogen-bond donors (Lipinski definition) is 1. The molecule has 2 N–H and O–H groups in total. The van der Waals surface area contributed by atoms with E-state index in [1.807, 2.05) is 18.2 Å². The number of unbranched alkanes of at least 4 members (excludes halogenated alkanes) is 2. The fourth-order valence-corrected chi connectivity index (χ4v) is 2.40. The lowest BCUT2D eigenvalue weighted by molar-refractivity contribution is -0.144. The van der Waals surface area contributed by atoms with Crippen LogP contribution in [0.5, 0.6) is 0 Å². The highest BCUT2D eigenvalue weighted by molar-refractivity contribution is 6.01. The maximum absolute atomic E-state index is 11.6. The van der Waals surface area contributed by atoms with Crippen LogP contribution in [-0.2, 0) is 19.2 Å². The molecule has 0 radical (unpaired) electrons. The number of rotatable bonds is 8. The number of imide groups is 1. The summed E-state index contributed by atoms with van der Waals surface area (Å²) in [5.74, 6) is -0.521. The lowest BCUT2D eigenvalue weighted by Gasteiger charge is -2.12. The summed E-state index contributed by atoms with van der Waals surface area (Å²) in [5, 5.41) is 3.62. The average Bonchev–Trinajstić information content (AvgIpc) is 2.92. The molecule has 2 rings (SSSR count). The molecule has 7 heteroatoms. The number of amides is 2. The second kappa shape index (κ2) is 8.81. The Labute approximate surface area is 140 Å². The second-order valence-corrected chi connectivity index (χ2v) is 5.56. The van der Waals surface area contributed by atoms with E-state index in [-0.39, 0.29) is 24.1 Å². The topological polar surface area (TPSA) is 102 Å². The number of carbonyl (C=O) groups excluding carboxylic acids is 3. The van der Waals surface area contributed by atoms with E-state index >= 15 is 0 Å². The Morgan fingerprint density at radius 3 is 2.42 bits per heavy atom. The van der Waals surface area contributed by atoms with Gasteiger partial charge in [-0.1, -0.05) is 41.9 Å². The number of benzene rings is 1. The summed E-state index contributed by atoms with van der Waals surface area (Å²) in [5.41, 5.74) is 6.40. The van der Waals surface area contributed by atoms with Crippen LogP contribution in [0.2, 0.25) is 0 Å². The van der Waals surface area contributed by atoms with Gasteiger partial charge in [0.15, 0.2) is 5.84 Å². The molecule has 24 heavy (non-hydrogen) atoms. The van der Waals surface area contributed by atoms with Crippen LogP contribution in [0, 0.1) is 0 Å². The molecule has 1 heterocycles. The van der Waals surface area contributed by atoms with Gasteiger partial charge < -0.3 is 10.6 Å². The van der Waals surface area contributed by atoms with Gasteiger partial charge in [0.25, 0.3) is 0 Å². The number of nitrogens with two attached hydrogens (primary N) is 1. The van der Waals surface area contributed by atoms with Crippen LogP contribution < -0.4 is 5.73 Å². The molecule has 1 aliphatic rings. The standard InChI is InChI=1S/C17H21N3O4/c18-17(13-7-3-1-4-8-13)19-24-16(23)9-5-2-6-12-20-14(21)10-11-15(20)22/h1,3-4,7-8H,2,5-6,9-12H2,(H2,18,19). The fraction of sp³-hybridized carbons (Fsp3) is 0.412. The first-order valence-electron chi connectivity index (χ1n) is 8.00. The van der Waals surface area contributed by atoms with E-state index < -0.39 is 5.97 Å². The summed E-state index contributed by atoms with van der Waals surface area (Å²) < 4.78 is 0. The maximum atomic E-state index is 11.6. The van der Waals surface area contributed by atoms with Crippen molar-refractivity contribution in [1.82, 2.24) is 4.90 Å². The van der Waals surface area contributed by atoms with Crippen molar-refractivity contribution in [3.8, 4) is 0 Å². The summed E-state index contributed by atoms with van der Waals surface area (Å²) >= 11 is 0. The predicted octanol–water partition coefficient (Wildman–Crippen LogP) is 1.56. The predicted molar refractivity (Wildman–Crippen MR) is 87.7 cm³/mol. The Bertz CT molecular complexity index is 612. The zero-order valence-electron chi connectivity index (χ0n) is 13.4. The molecule has 0 unspecified atom stereocenters. The van der Waals surface area contributed by atoms with Crippen LogP contribution in [-0.4, -0.2) is 35.1 Å². The number of oxime groups is 1. The van der Waals surface area contributed by atoms with Crippen molar-refractivity contribution in [2.45, 2.75) is 38.5 Å². The van der Waals surface area contributed by atoms with E-state index in [1.54, 1.807) is 12.1 Å². The van der Waals surface area contributed by atoms with Crippen molar-refractivity contribution in [2.75, 3.05) is 6.54 Å². The van der Waals surface area contributed by atoms with Gasteiger partial charge in [0.05, 0.1) is 0 Å². The largest absolute Gasteiger partial charge is 0.380 e. The molecule has 1 fully saturated rings. The number of likely N-dealkylation sites (tertiary alicyclic amines) is 1. The molecule has 0 aliphatic carbocycles.